The molecule has 0 aliphatic rings. The Bertz CT molecular complexity index is 1140. The summed E-state index contributed by atoms with van der Waals surface area (Å²) in [6.07, 6.45) is 3.51. The molecule has 3 aromatic carbocycles. The van der Waals surface area contributed by atoms with Gasteiger partial charge in [0.25, 0.3) is 0 Å². The van der Waals surface area contributed by atoms with Crippen molar-refractivity contribution in [2.45, 2.75) is 57.1 Å². The molecule has 0 amide bonds. The van der Waals surface area contributed by atoms with Crippen molar-refractivity contribution in [3.05, 3.63) is 88.9 Å². The van der Waals surface area contributed by atoms with Gasteiger partial charge in [-0.25, -0.2) is 0 Å². The predicted octanol–water partition coefficient (Wildman–Crippen LogP) is 8.96. The van der Waals surface area contributed by atoms with Crippen LogP contribution in [0, 0.1) is 0 Å². The molecular formula is C29H38Cl2NO4PS. The first kappa shape index (κ1) is 32.9. The zero-order valence-electron chi connectivity index (χ0n) is 22.0. The molecule has 38 heavy (non-hydrogen) atoms. The van der Waals surface area contributed by atoms with E-state index < -0.39 is 7.60 Å². The van der Waals surface area contributed by atoms with E-state index in [1.165, 1.54) is 12.0 Å². The van der Waals surface area contributed by atoms with Crippen LogP contribution in [-0.2, 0) is 30.8 Å². The average Bonchev–Trinajstić information content (AvgIpc) is 2.89. The molecule has 0 radical (unpaired) electrons. The van der Waals surface area contributed by atoms with Gasteiger partial charge in [-0.1, -0.05) is 66.2 Å². The lowest BCUT2D eigenvalue weighted by Crippen LogP contribution is -2.22. The number of hydrogen-bond donors (Lipinski definition) is 1. The fourth-order valence-electron chi connectivity index (χ4n) is 3.98. The molecule has 0 aromatic heterocycles. The largest absolute Gasteiger partial charge is 0.330 e. The highest BCUT2D eigenvalue weighted by Crippen LogP contribution is 2.48. The molecule has 0 heterocycles. The molecule has 3 rings (SSSR count). The number of rotatable bonds is 16. The van der Waals surface area contributed by atoms with Crippen molar-refractivity contribution in [1.29, 1.82) is 0 Å². The van der Waals surface area contributed by atoms with Crippen LogP contribution in [0.4, 0.5) is 0 Å². The number of hydrogen-bond acceptors (Lipinski definition) is 6. The average molecular weight is 599 g/mol. The monoisotopic (exact) mass is 597 g/mol. The standard InChI is InChI=1S/C29H37ClNO4PS.ClH/c1-3-33-36(32,34-4-2)19-18-27(31)14-8-12-24-16-17-26(21-29(24)30)25-13-9-15-28(20-25)37-35-22-23-10-6-5-7-11-23;/h5-7,9-11,13,15-17,20-21,27H,3-4,8,12,14,18-19,22,31H2,1-2H3;1H. The van der Waals surface area contributed by atoms with Crippen molar-refractivity contribution < 1.29 is 17.8 Å². The van der Waals surface area contributed by atoms with Crippen LogP contribution in [0.2, 0.25) is 5.02 Å². The first-order chi connectivity index (χ1) is 17.9. The molecule has 3 aromatic rings. The Hall–Kier alpha value is -1.34. The quantitative estimate of drug-likeness (QED) is 0.131. The molecule has 0 spiro atoms. The highest BCUT2D eigenvalue weighted by atomic mass is 35.5. The number of benzene rings is 3. The van der Waals surface area contributed by atoms with E-state index in [2.05, 4.69) is 36.4 Å². The van der Waals surface area contributed by atoms with Gasteiger partial charge in [0.15, 0.2) is 0 Å². The van der Waals surface area contributed by atoms with Gasteiger partial charge < -0.3 is 19.0 Å². The van der Waals surface area contributed by atoms with E-state index in [1.807, 2.05) is 50.2 Å². The Morgan fingerprint density at radius 3 is 2.32 bits per heavy atom. The summed E-state index contributed by atoms with van der Waals surface area (Å²) in [4.78, 5) is 1.04. The van der Waals surface area contributed by atoms with Crippen molar-refractivity contribution in [3.8, 4) is 11.1 Å². The maximum Gasteiger partial charge on any atom is 0.330 e. The molecule has 2 N–H and O–H groups in total. The molecule has 208 valence electrons. The van der Waals surface area contributed by atoms with Crippen LogP contribution in [0.3, 0.4) is 0 Å². The molecule has 0 saturated heterocycles. The van der Waals surface area contributed by atoms with E-state index in [4.69, 9.17) is 30.6 Å². The Balaban J connectivity index is 0.00000507. The highest BCUT2D eigenvalue weighted by Gasteiger charge is 2.24. The van der Waals surface area contributed by atoms with Crippen LogP contribution < -0.4 is 5.73 Å². The summed E-state index contributed by atoms with van der Waals surface area (Å²) in [6.45, 7) is 4.92. The lowest BCUT2D eigenvalue weighted by molar-refractivity contribution is 0.219. The third-order valence-electron chi connectivity index (χ3n) is 5.89. The zero-order chi connectivity index (χ0) is 26.5. The second kappa shape index (κ2) is 17.4. The predicted molar refractivity (Wildman–Crippen MR) is 162 cm³/mol. The van der Waals surface area contributed by atoms with Gasteiger partial charge in [0.05, 0.1) is 26.0 Å². The second-order valence-corrected chi connectivity index (χ2v) is 12.2. The van der Waals surface area contributed by atoms with Gasteiger partial charge in [0.1, 0.15) is 0 Å². The Kier molecular flexibility index (Phi) is 15.0. The number of aryl methyl sites for hydroxylation is 1. The van der Waals surface area contributed by atoms with E-state index in [-0.39, 0.29) is 18.4 Å². The Labute approximate surface area is 242 Å². The molecule has 9 heteroatoms. The first-order valence-electron chi connectivity index (χ1n) is 12.8. The summed E-state index contributed by atoms with van der Waals surface area (Å²) in [5.74, 6) is 0. The van der Waals surface area contributed by atoms with Crippen LogP contribution in [0.25, 0.3) is 11.1 Å². The van der Waals surface area contributed by atoms with Crippen molar-refractivity contribution >= 4 is 43.6 Å². The van der Waals surface area contributed by atoms with Gasteiger partial charge in [0.2, 0.25) is 0 Å². The number of halogens is 2. The molecule has 0 bridgehead atoms. The third kappa shape index (κ3) is 11.0. The van der Waals surface area contributed by atoms with Crippen molar-refractivity contribution in [2.24, 2.45) is 5.73 Å². The summed E-state index contributed by atoms with van der Waals surface area (Å²) in [7, 11) is -3.04. The van der Waals surface area contributed by atoms with Gasteiger partial charge >= 0.3 is 7.60 Å². The fraction of sp³-hybridized carbons (Fsp3) is 0.379. The summed E-state index contributed by atoms with van der Waals surface area (Å²) < 4.78 is 29.1. The zero-order valence-corrected chi connectivity index (χ0v) is 25.3. The smallest absolute Gasteiger partial charge is 0.328 e. The van der Waals surface area contributed by atoms with Crippen LogP contribution in [0.15, 0.2) is 77.7 Å². The van der Waals surface area contributed by atoms with Gasteiger partial charge in [-0.05, 0) is 80.0 Å². The van der Waals surface area contributed by atoms with E-state index in [0.717, 1.165) is 51.4 Å². The molecule has 0 aliphatic carbocycles. The van der Waals surface area contributed by atoms with Crippen molar-refractivity contribution in [1.82, 2.24) is 0 Å². The van der Waals surface area contributed by atoms with Crippen molar-refractivity contribution in [3.63, 3.8) is 0 Å². The Morgan fingerprint density at radius 1 is 0.921 bits per heavy atom. The van der Waals surface area contributed by atoms with Crippen molar-refractivity contribution in [2.75, 3.05) is 19.4 Å². The minimum absolute atomic E-state index is 0. The molecule has 0 saturated carbocycles. The summed E-state index contributed by atoms with van der Waals surface area (Å²) in [5, 5.41) is 0.752. The minimum Gasteiger partial charge on any atom is -0.328 e. The molecule has 1 unspecified atom stereocenters. The topological polar surface area (TPSA) is 70.8 Å². The second-order valence-electron chi connectivity index (χ2n) is 8.78. The van der Waals surface area contributed by atoms with E-state index in [0.29, 0.717) is 32.4 Å². The van der Waals surface area contributed by atoms with Gasteiger partial charge in [-0.2, -0.15) is 0 Å². The number of nitrogens with two attached hydrogens (primary N) is 1. The maximum atomic E-state index is 12.6. The van der Waals surface area contributed by atoms with Crippen LogP contribution in [0.1, 0.15) is 44.2 Å². The summed E-state index contributed by atoms with van der Waals surface area (Å²) >= 11 is 8.02. The third-order valence-corrected chi connectivity index (χ3v) is 9.03. The van der Waals surface area contributed by atoms with E-state index in [1.54, 1.807) is 0 Å². The molecule has 1 atom stereocenters. The van der Waals surface area contributed by atoms with Gasteiger partial charge in [-0.15, -0.1) is 12.4 Å². The van der Waals surface area contributed by atoms with Crippen LogP contribution in [-0.4, -0.2) is 25.4 Å². The van der Waals surface area contributed by atoms with Crippen LogP contribution in [0.5, 0.6) is 0 Å². The lowest BCUT2D eigenvalue weighted by atomic mass is 10.00. The first-order valence-corrected chi connectivity index (χ1v) is 15.6. The maximum absolute atomic E-state index is 12.6. The summed E-state index contributed by atoms with van der Waals surface area (Å²) in [5.41, 5.74) is 10.7. The van der Waals surface area contributed by atoms with Crippen LogP contribution >= 0.6 is 43.6 Å². The molecular weight excluding hydrogens is 560 g/mol. The van der Waals surface area contributed by atoms with Gasteiger partial charge in [-0.3, -0.25) is 4.57 Å². The van der Waals surface area contributed by atoms with Gasteiger partial charge in [0, 0.05) is 28.0 Å². The minimum atomic E-state index is -3.04. The lowest BCUT2D eigenvalue weighted by Gasteiger charge is -2.19. The normalized spacial score (nSPS) is 12.2. The molecule has 5 nitrogen and oxygen atoms in total. The fourth-order valence-corrected chi connectivity index (χ4v) is 6.66. The highest BCUT2D eigenvalue weighted by molar-refractivity contribution is 7.94. The van der Waals surface area contributed by atoms with E-state index >= 15 is 0 Å². The molecule has 0 fully saturated rings. The Morgan fingerprint density at radius 2 is 1.63 bits per heavy atom. The van der Waals surface area contributed by atoms with E-state index in [9.17, 15) is 4.57 Å². The SMILES string of the molecule is CCOP(=O)(CCC(N)CCCc1ccc(-c2cccc(SOCc3ccccc3)c2)cc1Cl)OCC.Cl. The summed E-state index contributed by atoms with van der Waals surface area (Å²) in [6, 6.07) is 24.6. The molecule has 0 aliphatic heterocycles.